The van der Waals surface area contributed by atoms with E-state index in [9.17, 15) is 10.1 Å². The van der Waals surface area contributed by atoms with Gasteiger partial charge < -0.3 is 15.0 Å². The molecule has 0 radical (unpaired) electrons. The van der Waals surface area contributed by atoms with Gasteiger partial charge in [-0.3, -0.25) is 10.1 Å². The first kappa shape index (κ1) is 14.1. The molecular weight excluding hydrogens is 258 g/mol. The highest BCUT2D eigenvalue weighted by atomic mass is 16.6. The van der Waals surface area contributed by atoms with Crippen molar-refractivity contribution < 1.29 is 9.66 Å². The number of methoxy groups -OCH3 is 1. The maximum absolute atomic E-state index is 10.9. The van der Waals surface area contributed by atoms with Gasteiger partial charge in [0.05, 0.1) is 18.6 Å². The van der Waals surface area contributed by atoms with E-state index in [-0.39, 0.29) is 5.69 Å². The Bertz CT molecular complexity index is 607. The van der Waals surface area contributed by atoms with Gasteiger partial charge in [0.1, 0.15) is 5.75 Å². The van der Waals surface area contributed by atoms with Crippen LogP contribution in [0.2, 0.25) is 0 Å². The van der Waals surface area contributed by atoms with E-state index in [0.717, 1.165) is 17.7 Å². The number of hydrogen-bond acceptors (Lipinski definition) is 4. The Morgan fingerprint density at radius 3 is 2.85 bits per heavy atom. The second-order valence-corrected chi connectivity index (χ2v) is 4.42. The highest BCUT2D eigenvalue weighted by Gasteiger charge is 2.12. The summed E-state index contributed by atoms with van der Waals surface area (Å²) in [6.07, 6.45) is 2.70. The number of non-ortho nitro benzene ring substituents is 1. The first-order chi connectivity index (χ1) is 9.65. The van der Waals surface area contributed by atoms with E-state index in [1.807, 2.05) is 22.9 Å². The summed E-state index contributed by atoms with van der Waals surface area (Å²) in [6.45, 7) is 1.09. The summed E-state index contributed by atoms with van der Waals surface area (Å²) >= 11 is 0. The summed E-state index contributed by atoms with van der Waals surface area (Å²) in [4.78, 5) is 10.5. The molecule has 0 saturated heterocycles. The fourth-order valence-corrected chi connectivity index (χ4v) is 2.16. The monoisotopic (exact) mass is 275 g/mol. The van der Waals surface area contributed by atoms with Crippen LogP contribution in [0.1, 0.15) is 11.3 Å². The average Bonchev–Trinajstić information content (AvgIpc) is 2.86. The van der Waals surface area contributed by atoms with Gasteiger partial charge in [0.15, 0.2) is 0 Å². The molecule has 0 atom stereocenters. The summed E-state index contributed by atoms with van der Waals surface area (Å²) in [6, 6.07) is 8.55. The third kappa shape index (κ3) is 2.97. The SMILES string of the molecule is COc1ccc([N+](=O)[O-])cc1Cn1cccc1CCN. The first-order valence-corrected chi connectivity index (χ1v) is 6.31. The number of benzene rings is 1. The molecule has 0 spiro atoms. The van der Waals surface area contributed by atoms with Crippen molar-refractivity contribution in [3.8, 4) is 5.75 Å². The van der Waals surface area contributed by atoms with Crippen molar-refractivity contribution in [3.63, 3.8) is 0 Å². The molecule has 1 heterocycles. The van der Waals surface area contributed by atoms with Crippen LogP contribution < -0.4 is 10.5 Å². The molecule has 20 heavy (non-hydrogen) atoms. The van der Waals surface area contributed by atoms with Crippen molar-refractivity contribution >= 4 is 5.69 Å². The number of hydrogen-bond donors (Lipinski definition) is 1. The number of rotatable bonds is 6. The quantitative estimate of drug-likeness (QED) is 0.645. The van der Waals surface area contributed by atoms with E-state index in [1.165, 1.54) is 6.07 Å². The largest absolute Gasteiger partial charge is 0.496 e. The Balaban J connectivity index is 2.33. The molecule has 0 amide bonds. The van der Waals surface area contributed by atoms with Gasteiger partial charge >= 0.3 is 0 Å². The zero-order chi connectivity index (χ0) is 14.5. The zero-order valence-corrected chi connectivity index (χ0v) is 11.3. The van der Waals surface area contributed by atoms with E-state index in [4.69, 9.17) is 10.5 Å². The second-order valence-electron chi connectivity index (χ2n) is 4.42. The van der Waals surface area contributed by atoms with Gasteiger partial charge in [-0.2, -0.15) is 0 Å². The van der Waals surface area contributed by atoms with Crippen LogP contribution in [0.3, 0.4) is 0 Å². The van der Waals surface area contributed by atoms with Crippen molar-refractivity contribution in [2.75, 3.05) is 13.7 Å². The van der Waals surface area contributed by atoms with Gasteiger partial charge in [0.25, 0.3) is 5.69 Å². The molecule has 2 aromatic rings. The number of nitrogens with zero attached hydrogens (tertiary/aromatic N) is 2. The summed E-state index contributed by atoms with van der Waals surface area (Å²) in [5.41, 5.74) is 7.51. The van der Waals surface area contributed by atoms with Crippen molar-refractivity contribution in [1.82, 2.24) is 4.57 Å². The number of nitro groups is 1. The molecule has 0 aliphatic carbocycles. The van der Waals surface area contributed by atoms with Gasteiger partial charge in [0, 0.05) is 29.6 Å². The lowest BCUT2D eigenvalue weighted by Crippen LogP contribution is -2.10. The van der Waals surface area contributed by atoms with E-state index < -0.39 is 4.92 Å². The van der Waals surface area contributed by atoms with Gasteiger partial charge in [-0.25, -0.2) is 0 Å². The molecule has 6 heteroatoms. The minimum atomic E-state index is -0.403. The predicted octanol–water partition coefficient (Wildman–Crippen LogP) is 1.95. The maximum atomic E-state index is 10.9. The number of nitrogens with two attached hydrogens (primary N) is 1. The smallest absolute Gasteiger partial charge is 0.270 e. The lowest BCUT2D eigenvalue weighted by atomic mass is 10.1. The Hall–Kier alpha value is -2.34. The zero-order valence-electron chi connectivity index (χ0n) is 11.3. The summed E-state index contributed by atoms with van der Waals surface area (Å²) < 4.78 is 7.29. The minimum absolute atomic E-state index is 0.0633. The highest BCUT2D eigenvalue weighted by Crippen LogP contribution is 2.25. The standard InChI is InChI=1S/C14H17N3O3/c1-20-14-5-4-13(17(18)19)9-11(14)10-16-8-2-3-12(16)6-7-15/h2-5,8-9H,6-7,10,15H2,1H3. The summed E-state index contributed by atoms with van der Waals surface area (Å²) in [5, 5.41) is 10.9. The average molecular weight is 275 g/mol. The molecule has 1 aromatic carbocycles. The molecule has 106 valence electrons. The van der Waals surface area contributed by atoms with E-state index in [0.29, 0.717) is 18.8 Å². The molecule has 0 aliphatic heterocycles. The topological polar surface area (TPSA) is 83.3 Å². The van der Waals surface area contributed by atoms with Gasteiger partial charge in [0.2, 0.25) is 0 Å². The normalized spacial score (nSPS) is 10.5. The molecular formula is C14H17N3O3. The molecule has 0 fully saturated rings. The first-order valence-electron chi connectivity index (χ1n) is 6.31. The fourth-order valence-electron chi connectivity index (χ4n) is 2.16. The molecule has 6 nitrogen and oxygen atoms in total. The predicted molar refractivity (Wildman–Crippen MR) is 75.9 cm³/mol. The lowest BCUT2D eigenvalue weighted by molar-refractivity contribution is -0.384. The lowest BCUT2D eigenvalue weighted by Gasteiger charge is -2.12. The molecule has 0 aliphatic rings. The van der Waals surface area contributed by atoms with Crippen LogP contribution in [-0.2, 0) is 13.0 Å². The van der Waals surface area contributed by atoms with Crippen molar-refractivity contribution in [2.45, 2.75) is 13.0 Å². The third-order valence-corrected chi connectivity index (χ3v) is 3.14. The van der Waals surface area contributed by atoms with Crippen LogP contribution in [0, 0.1) is 10.1 Å². The molecule has 0 saturated carbocycles. The Morgan fingerprint density at radius 2 is 2.20 bits per heavy atom. The molecule has 1 aromatic heterocycles. The number of ether oxygens (including phenoxy) is 1. The van der Waals surface area contributed by atoms with Crippen LogP contribution >= 0.6 is 0 Å². The van der Waals surface area contributed by atoms with Crippen LogP contribution in [-0.4, -0.2) is 23.1 Å². The maximum Gasteiger partial charge on any atom is 0.270 e. The summed E-state index contributed by atoms with van der Waals surface area (Å²) in [5.74, 6) is 0.642. The van der Waals surface area contributed by atoms with Crippen molar-refractivity contribution in [3.05, 3.63) is 57.9 Å². The molecule has 2 rings (SSSR count). The van der Waals surface area contributed by atoms with E-state index in [2.05, 4.69) is 0 Å². The second kappa shape index (κ2) is 6.21. The third-order valence-electron chi connectivity index (χ3n) is 3.14. The Labute approximate surface area is 116 Å². The summed E-state index contributed by atoms with van der Waals surface area (Å²) in [7, 11) is 1.56. The van der Waals surface area contributed by atoms with Crippen LogP contribution in [0.4, 0.5) is 5.69 Å². The Kier molecular flexibility index (Phi) is 4.37. The van der Waals surface area contributed by atoms with E-state index >= 15 is 0 Å². The molecule has 0 unspecified atom stereocenters. The van der Waals surface area contributed by atoms with Gasteiger partial charge in [-0.05, 0) is 31.2 Å². The fraction of sp³-hybridized carbons (Fsp3) is 0.286. The van der Waals surface area contributed by atoms with Crippen molar-refractivity contribution in [2.24, 2.45) is 5.73 Å². The highest BCUT2D eigenvalue weighted by molar-refractivity contribution is 5.44. The van der Waals surface area contributed by atoms with Crippen LogP contribution in [0.25, 0.3) is 0 Å². The number of nitro benzene ring substituents is 1. The minimum Gasteiger partial charge on any atom is -0.496 e. The van der Waals surface area contributed by atoms with Crippen LogP contribution in [0.15, 0.2) is 36.5 Å². The van der Waals surface area contributed by atoms with E-state index in [1.54, 1.807) is 19.2 Å². The molecule has 2 N–H and O–H groups in total. The Morgan fingerprint density at radius 1 is 1.40 bits per heavy atom. The number of aromatic nitrogens is 1. The van der Waals surface area contributed by atoms with Crippen molar-refractivity contribution in [1.29, 1.82) is 0 Å². The van der Waals surface area contributed by atoms with Gasteiger partial charge in [-0.1, -0.05) is 0 Å². The van der Waals surface area contributed by atoms with Crippen LogP contribution in [0.5, 0.6) is 5.75 Å². The molecule has 0 bridgehead atoms. The van der Waals surface area contributed by atoms with Gasteiger partial charge in [-0.15, -0.1) is 0 Å².